The van der Waals surface area contributed by atoms with Gasteiger partial charge in [-0.2, -0.15) is 0 Å². The van der Waals surface area contributed by atoms with Crippen LogP contribution in [0.2, 0.25) is 0 Å². The summed E-state index contributed by atoms with van der Waals surface area (Å²) in [5.74, 6) is -0.253. The van der Waals surface area contributed by atoms with E-state index < -0.39 is 13.8 Å². The normalized spacial score (nSPS) is 13.3. The zero-order chi connectivity index (χ0) is 24.9. The second kappa shape index (κ2) is 14.2. The summed E-state index contributed by atoms with van der Waals surface area (Å²) in [5, 5.41) is 2.11. The molecule has 0 heterocycles. The molecule has 7 heteroatoms. The highest BCUT2D eigenvalue weighted by atomic mass is 28.4. The van der Waals surface area contributed by atoms with Crippen molar-refractivity contribution in [3.8, 4) is 0 Å². The Kier molecular flexibility index (Phi) is 11.7. The fourth-order valence-corrected chi connectivity index (χ4v) is 8.04. The summed E-state index contributed by atoms with van der Waals surface area (Å²) in [6, 6.07) is 18.1. The molecule has 3 N–H and O–H groups in total. The van der Waals surface area contributed by atoms with Crippen molar-refractivity contribution in [3.63, 3.8) is 0 Å². The van der Waals surface area contributed by atoms with E-state index in [0.29, 0.717) is 38.5 Å². The van der Waals surface area contributed by atoms with Gasteiger partial charge in [0.2, 0.25) is 5.91 Å². The summed E-state index contributed by atoms with van der Waals surface area (Å²) in [6.07, 6.45) is 4.39. The minimum absolute atomic E-state index is 0.253. The van der Waals surface area contributed by atoms with Crippen LogP contribution in [-0.2, 0) is 23.1 Å². The number of benzene rings is 2. The van der Waals surface area contributed by atoms with Gasteiger partial charge in [-0.3, -0.25) is 4.79 Å². The fraction of sp³-hybridized carbons (Fsp3) is 0.444. The van der Waals surface area contributed by atoms with Crippen molar-refractivity contribution in [1.82, 2.24) is 0 Å². The summed E-state index contributed by atoms with van der Waals surface area (Å²) >= 11 is 0. The van der Waals surface area contributed by atoms with Crippen molar-refractivity contribution in [2.45, 2.75) is 51.5 Å². The third-order valence-corrected chi connectivity index (χ3v) is 9.25. The Hall–Kier alpha value is -2.29. The molecule has 0 aromatic heterocycles. The molecule has 1 atom stereocenters. The molecule has 0 aliphatic rings. The van der Waals surface area contributed by atoms with E-state index in [-0.39, 0.29) is 5.91 Å². The minimum Gasteiger partial charge on any atom is -0.373 e. The van der Waals surface area contributed by atoms with Crippen LogP contribution in [0.15, 0.2) is 67.3 Å². The van der Waals surface area contributed by atoms with E-state index >= 15 is 0 Å². The molecule has 1 amide bonds. The molecule has 1 unspecified atom stereocenters. The first-order valence-corrected chi connectivity index (χ1v) is 14.0. The van der Waals surface area contributed by atoms with Crippen molar-refractivity contribution < 1.29 is 18.1 Å². The molecule has 2 rings (SSSR count). The molecule has 2 aromatic carbocycles. The van der Waals surface area contributed by atoms with Gasteiger partial charge in [0.25, 0.3) is 0 Å². The van der Waals surface area contributed by atoms with Gasteiger partial charge in [0.15, 0.2) is 0 Å². The van der Waals surface area contributed by atoms with Crippen LogP contribution < -0.4 is 11.1 Å². The number of carbonyl (C=O) groups excluding carboxylic acids is 1. The van der Waals surface area contributed by atoms with Crippen LogP contribution in [0.25, 0.3) is 0 Å². The molecule has 2 aromatic rings. The van der Waals surface area contributed by atoms with Crippen molar-refractivity contribution in [1.29, 1.82) is 0 Å². The standard InChI is InChI=1S/C27H40N2O4Si/c1-5-20-31-34(32-21-6-2,33-22-7-3)27(18-19-28,23-12-10-9-11-13-23)24-14-16-25(17-15-24)29-26(30)8-4/h8-17H,4-7,18-22,28H2,1-3H3,(H,29,30). The lowest BCUT2D eigenvalue weighted by Gasteiger charge is -2.46. The molecular weight excluding hydrogens is 444 g/mol. The fourth-order valence-electron chi connectivity index (χ4n) is 4.14. The van der Waals surface area contributed by atoms with Crippen LogP contribution in [0.1, 0.15) is 57.6 Å². The number of hydrogen-bond acceptors (Lipinski definition) is 5. The minimum atomic E-state index is -3.38. The first kappa shape index (κ1) is 27.9. The van der Waals surface area contributed by atoms with Gasteiger partial charge in [-0.25, -0.2) is 0 Å². The molecule has 0 spiro atoms. The quantitative estimate of drug-likeness (QED) is 0.253. The van der Waals surface area contributed by atoms with Crippen molar-refractivity contribution in [2.75, 3.05) is 31.7 Å². The average molecular weight is 485 g/mol. The zero-order valence-electron chi connectivity index (χ0n) is 20.8. The van der Waals surface area contributed by atoms with Gasteiger partial charge in [0.05, 0.1) is 5.04 Å². The predicted octanol–water partition coefficient (Wildman–Crippen LogP) is 5.20. The second-order valence-corrected chi connectivity index (χ2v) is 11.0. The lowest BCUT2D eigenvalue weighted by atomic mass is 9.87. The molecule has 0 saturated heterocycles. The summed E-state index contributed by atoms with van der Waals surface area (Å²) in [7, 11) is -3.38. The van der Waals surface area contributed by atoms with E-state index in [1.54, 1.807) is 0 Å². The predicted molar refractivity (Wildman–Crippen MR) is 141 cm³/mol. The SMILES string of the molecule is C=CC(=O)Nc1ccc(C(CCN)(c2ccccc2)[Si](OCCC)(OCCC)OCCC)cc1. The van der Waals surface area contributed by atoms with Crippen LogP contribution in [0, 0.1) is 0 Å². The molecule has 0 bridgehead atoms. The first-order valence-electron chi connectivity index (χ1n) is 12.2. The highest BCUT2D eigenvalue weighted by Gasteiger charge is 2.62. The monoisotopic (exact) mass is 484 g/mol. The molecule has 0 fully saturated rings. The summed E-state index contributed by atoms with van der Waals surface area (Å²) in [4.78, 5) is 11.8. The number of hydrogen-bond donors (Lipinski definition) is 2. The van der Waals surface area contributed by atoms with Gasteiger partial charge in [-0.05, 0) is 61.6 Å². The molecule has 34 heavy (non-hydrogen) atoms. The molecule has 0 aliphatic heterocycles. The summed E-state index contributed by atoms with van der Waals surface area (Å²) in [6.45, 7) is 11.8. The molecule has 0 aliphatic carbocycles. The van der Waals surface area contributed by atoms with Gasteiger partial charge in [-0.1, -0.05) is 69.8 Å². The highest BCUT2D eigenvalue weighted by molar-refractivity contribution is 6.65. The van der Waals surface area contributed by atoms with Crippen LogP contribution >= 0.6 is 0 Å². The third kappa shape index (κ3) is 6.43. The molecular formula is C27H40N2O4Si. The van der Waals surface area contributed by atoms with Gasteiger partial charge >= 0.3 is 8.80 Å². The Morgan fingerprint density at radius 3 is 1.85 bits per heavy atom. The Labute approximate surface area is 205 Å². The number of rotatable bonds is 16. The smallest absolute Gasteiger partial charge is 0.373 e. The van der Waals surface area contributed by atoms with E-state index in [1.165, 1.54) is 6.08 Å². The highest BCUT2D eigenvalue weighted by Crippen LogP contribution is 2.45. The van der Waals surface area contributed by atoms with Crippen LogP contribution in [0.5, 0.6) is 0 Å². The summed E-state index contributed by atoms with van der Waals surface area (Å²) < 4.78 is 20.0. The van der Waals surface area contributed by atoms with E-state index in [9.17, 15) is 4.79 Å². The average Bonchev–Trinajstić information content (AvgIpc) is 2.88. The largest absolute Gasteiger partial charge is 0.516 e. The Morgan fingerprint density at radius 1 is 0.912 bits per heavy atom. The Balaban J connectivity index is 2.79. The Bertz CT molecular complexity index is 854. The van der Waals surface area contributed by atoms with E-state index in [0.717, 1.165) is 30.4 Å². The lowest BCUT2D eigenvalue weighted by Crippen LogP contribution is -2.64. The zero-order valence-corrected chi connectivity index (χ0v) is 21.8. The van der Waals surface area contributed by atoms with Crippen LogP contribution in [-0.4, -0.2) is 41.1 Å². The van der Waals surface area contributed by atoms with E-state index in [2.05, 4.69) is 44.8 Å². The maximum Gasteiger partial charge on any atom is 0.516 e. The van der Waals surface area contributed by atoms with Gasteiger partial charge in [0, 0.05) is 25.5 Å². The number of nitrogens with two attached hydrogens (primary N) is 1. The van der Waals surface area contributed by atoms with Crippen molar-refractivity contribution >= 4 is 20.4 Å². The van der Waals surface area contributed by atoms with Crippen molar-refractivity contribution in [2.24, 2.45) is 5.73 Å². The van der Waals surface area contributed by atoms with Crippen LogP contribution in [0.3, 0.4) is 0 Å². The lowest BCUT2D eigenvalue weighted by molar-refractivity contribution is -0.111. The number of anilines is 1. The second-order valence-electron chi connectivity index (χ2n) is 8.18. The third-order valence-electron chi connectivity index (χ3n) is 5.63. The first-order chi connectivity index (χ1) is 16.5. The molecule has 186 valence electrons. The molecule has 6 nitrogen and oxygen atoms in total. The van der Waals surface area contributed by atoms with Gasteiger partial charge < -0.3 is 24.3 Å². The van der Waals surface area contributed by atoms with Gasteiger partial charge in [-0.15, -0.1) is 0 Å². The van der Waals surface area contributed by atoms with E-state index in [1.807, 2.05) is 42.5 Å². The number of carbonyl (C=O) groups is 1. The number of amides is 1. The maximum atomic E-state index is 11.8. The van der Waals surface area contributed by atoms with Crippen LogP contribution in [0.4, 0.5) is 5.69 Å². The topological polar surface area (TPSA) is 82.8 Å². The molecule has 0 saturated carbocycles. The summed E-state index contributed by atoms with van der Waals surface area (Å²) in [5.41, 5.74) is 9.01. The van der Waals surface area contributed by atoms with E-state index in [4.69, 9.17) is 19.0 Å². The Morgan fingerprint density at radius 2 is 1.41 bits per heavy atom. The molecule has 0 radical (unpaired) electrons. The number of nitrogens with one attached hydrogen (secondary N) is 1. The van der Waals surface area contributed by atoms with Crippen molar-refractivity contribution in [3.05, 3.63) is 78.4 Å². The van der Waals surface area contributed by atoms with Gasteiger partial charge in [0.1, 0.15) is 0 Å². The maximum absolute atomic E-state index is 11.8.